The van der Waals surface area contributed by atoms with Gasteiger partial charge in [-0.05, 0) is 49.1 Å². The second-order valence-corrected chi connectivity index (χ2v) is 6.63. The fourth-order valence-corrected chi connectivity index (χ4v) is 2.94. The first kappa shape index (κ1) is 20.5. The minimum absolute atomic E-state index is 0.256. The molecule has 1 unspecified atom stereocenters. The largest absolute Gasteiger partial charge is 0.399 e. The molecule has 6 heteroatoms. The molecule has 0 aliphatic carbocycles. The second-order valence-electron chi connectivity index (χ2n) is 5.78. The highest BCUT2D eigenvalue weighted by molar-refractivity contribution is 7.98. The Morgan fingerprint density at radius 2 is 1.89 bits per heavy atom. The lowest BCUT2D eigenvalue weighted by Gasteiger charge is -2.10. The van der Waals surface area contributed by atoms with E-state index >= 15 is 0 Å². The number of anilines is 1. The Kier molecular flexibility index (Phi) is 7.82. The van der Waals surface area contributed by atoms with Gasteiger partial charge in [-0.1, -0.05) is 25.1 Å². The fourth-order valence-electron chi connectivity index (χ4n) is 2.36. The summed E-state index contributed by atoms with van der Waals surface area (Å²) in [7, 11) is 0. The van der Waals surface area contributed by atoms with E-state index in [2.05, 4.69) is 40.8 Å². The van der Waals surface area contributed by atoms with Gasteiger partial charge in [-0.2, -0.15) is 0 Å². The molecule has 0 radical (unpaired) electrons. The van der Waals surface area contributed by atoms with E-state index in [-0.39, 0.29) is 5.91 Å². The summed E-state index contributed by atoms with van der Waals surface area (Å²) >= 11 is 1.74. The van der Waals surface area contributed by atoms with Crippen LogP contribution in [0.25, 0.3) is 10.9 Å². The van der Waals surface area contributed by atoms with E-state index in [0.717, 1.165) is 11.8 Å². The van der Waals surface area contributed by atoms with Gasteiger partial charge in [0.2, 0.25) is 0 Å². The molecule has 27 heavy (non-hydrogen) atoms. The van der Waals surface area contributed by atoms with Crippen molar-refractivity contribution in [3.8, 4) is 0 Å². The number of pyridine rings is 1. The molecule has 3 aromatic rings. The van der Waals surface area contributed by atoms with Crippen molar-refractivity contribution in [1.82, 2.24) is 10.3 Å². The van der Waals surface area contributed by atoms with Crippen molar-refractivity contribution in [3.63, 3.8) is 0 Å². The number of rotatable bonds is 5. The highest BCUT2D eigenvalue weighted by atomic mass is 32.2. The summed E-state index contributed by atoms with van der Waals surface area (Å²) in [6.45, 7) is 1.84. The fraction of sp³-hybridized carbons (Fsp3) is 0.190. The van der Waals surface area contributed by atoms with Crippen molar-refractivity contribution in [1.29, 1.82) is 0 Å². The third-order valence-corrected chi connectivity index (χ3v) is 4.68. The number of aromatic nitrogens is 1. The number of benzene rings is 2. The van der Waals surface area contributed by atoms with Gasteiger partial charge in [-0.15, -0.1) is 11.8 Å². The maximum Gasteiger partial charge on any atom is 0.251 e. The third kappa shape index (κ3) is 5.82. The summed E-state index contributed by atoms with van der Waals surface area (Å²) in [5, 5.41) is 3.82. The zero-order valence-corrected chi connectivity index (χ0v) is 16.2. The van der Waals surface area contributed by atoms with Crippen molar-refractivity contribution in [2.24, 2.45) is 0 Å². The zero-order valence-electron chi connectivity index (χ0n) is 15.4. The lowest BCUT2D eigenvalue weighted by molar-refractivity contribution is -0.109. The molecule has 140 valence electrons. The van der Waals surface area contributed by atoms with Crippen LogP contribution in [0.1, 0.15) is 23.7 Å². The number of nitrogens with zero attached hydrogens (tertiary/aromatic N) is 1. The number of aldehydes is 1. The van der Waals surface area contributed by atoms with Crippen LogP contribution in [0.4, 0.5) is 5.69 Å². The number of nitrogens with two attached hydrogens (primary N) is 1. The molecule has 1 atom stereocenters. The van der Waals surface area contributed by atoms with Crippen LogP contribution < -0.4 is 11.1 Å². The van der Waals surface area contributed by atoms with E-state index in [0.29, 0.717) is 17.7 Å². The van der Waals surface area contributed by atoms with Crippen LogP contribution in [-0.2, 0) is 4.79 Å². The molecule has 1 heterocycles. The van der Waals surface area contributed by atoms with Crippen molar-refractivity contribution < 1.29 is 9.59 Å². The van der Waals surface area contributed by atoms with Gasteiger partial charge in [0.25, 0.3) is 5.91 Å². The number of carbonyl (C=O) groups excluding carboxylic acids is 2. The summed E-state index contributed by atoms with van der Waals surface area (Å²) in [6.07, 6.45) is 5.23. The van der Waals surface area contributed by atoms with Gasteiger partial charge >= 0.3 is 0 Å². The minimum Gasteiger partial charge on any atom is -0.399 e. The molecular weight excluding hydrogens is 358 g/mol. The van der Waals surface area contributed by atoms with Gasteiger partial charge < -0.3 is 15.8 Å². The molecular formula is C21H23N3O2S. The third-order valence-electron chi connectivity index (χ3n) is 3.91. The van der Waals surface area contributed by atoms with Crippen LogP contribution in [0.15, 0.2) is 65.7 Å². The SMILES string of the molecule is CCC(C=O)NC(=O)c1ccc(N)cc1.CSc1cccc2cccnc12. The molecule has 1 aromatic heterocycles. The number of thioether (sulfide) groups is 1. The summed E-state index contributed by atoms with van der Waals surface area (Å²) in [5.41, 5.74) is 7.71. The Hall–Kier alpha value is -2.86. The number of nitrogens with one attached hydrogen (secondary N) is 1. The number of para-hydroxylation sites is 1. The van der Waals surface area contributed by atoms with Crippen molar-refractivity contribution >= 4 is 40.5 Å². The van der Waals surface area contributed by atoms with Gasteiger partial charge in [0.15, 0.2) is 0 Å². The Bertz CT molecular complexity index is 892. The molecule has 1 amide bonds. The summed E-state index contributed by atoms with van der Waals surface area (Å²) in [5.74, 6) is -0.256. The average Bonchev–Trinajstić information content (AvgIpc) is 2.72. The molecule has 0 spiro atoms. The van der Waals surface area contributed by atoms with E-state index in [1.165, 1.54) is 10.3 Å². The second kappa shape index (κ2) is 10.3. The molecule has 3 rings (SSSR count). The highest BCUT2D eigenvalue weighted by Crippen LogP contribution is 2.23. The Labute approximate surface area is 163 Å². The molecule has 0 fully saturated rings. The van der Waals surface area contributed by atoms with Crippen LogP contribution in [0.5, 0.6) is 0 Å². The van der Waals surface area contributed by atoms with Gasteiger partial charge in [-0.3, -0.25) is 9.78 Å². The maximum absolute atomic E-state index is 11.6. The predicted molar refractivity (Wildman–Crippen MR) is 112 cm³/mol. The van der Waals surface area contributed by atoms with Crippen molar-refractivity contribution in [2.75, 3.05) is 12.0 Å². The first-order valence-corrected chi connectivity index (χ1v) is 9.81. The highest BCUT2D eigenvalue weighted by Gasteiger charge is 2.10. The molecule has 2 aromatic carbocycles. The van der Waals surface area contributed by atoms with E-state index < -0.39 is 6.04 Å². The maximum atomic E-state index is 11.6. The Morgan fingerprint density at radius 1 is 1.19 bits per heavy atom. The van der Waals surface area contributed by atoms with Crippen LogP contribution in [0.3, 0.4) is 0 Å². The van der Waals surface area contributed by atoms with Gasteiger partial charge in [-0.25, -0.2) is 0 Å². The van der Waals surface area contributed by atoms with Crippen LogP contribution in [0, 0.1) is 0 Å². The van der Waals surface area contributed by atoms with E-state index in [4.69, 9.17) is 5.73 Å². The van der Waals surface area contributed by atoms with Gasteiger partial charge in [0.1, 0.15) is 6.29 Å². The lowest BCUT2D eigenvalue weighted by Crippen LogP contribution is -2.35. The van der Waals surface area contributed by atoms with Gasteiger partial charge in [0.05, 0.1) is 11.6 Å². The molecule has 0 aliphatic heterocycles. The number of nitrogen functional groups attached to an aromatic ring is 1. The van der Waals surface area contributed by atoms with Gasteiger partial charge in [0, 0.05) is 27.7 Å². The zero-order chi connectivity index (χ0) is 19.6. The monoisotopic (exact) mass is 381 g/mol. The van der Waals surface area contributed by atoms with E-state index in [1.807, 2.05) is 19.2 Å². The number of carbonyl (C=O) groups is 2. The van der Waals surface area contributed by atoms with E-state index in [1.54, 1.807) is 36.0 Å². The normalized spacial score (nSPS) is 11.2. The quantitative estimate of drug-likeness (QED) is 0.397. The average molecular weight is 382 g/mol. The summed E-state index contributed by atoms with van der Waals surface area (Å²) < 4.78 is 0. The topological polar surface area (TPSA) is 85.1 Å². The van der Waals surface area contributed by atoms with Crippen LogP contribution >= 0.6 is 11.8 Å². The predicted octanol–water partition coefficient (Wildman–Crippen LogP) is 3.93. The Balaban J connectivity index is 0.000000198. The van der Waals surface area contributed by atoms with Crippen molar-refractivity contribution in [3.05, 3.63) is 66.4 Å². The Morgan fingerprint density at radius 3 is 2.52 bits per heavy atom. The first-order valence-electron chi connectivity index (χ1n) is 8.58. The molecule has 0 bridgehead atoms. The van der Waals surface area contributed by atoms with Crippen LogP contribution in [0.2, 0.25) is 0 Å². The van der Waals surface area contributed by atoms with Crippen LogP contribution in [-0.4, -0.2) is 29.5 Å². The van der Waals surface area contributed by atoms with Crippen molar-refractivity contribution in [2.45, 2.75) is 24.3 Å². The molecule has 3 N–H and O–H groups in total. The molecule has 0 saturated carbocycles. The van der Waals surface area contributed by atoms with E-state index in [9.17, 15) is 9.59 Å². The molecule has 5 nitrogen and oxygen atoms in total. The minimum atomic E-state index is -0.421. The number of amides is 1. The molecule has 0 saturated heterocycles. The smallest absolute Gasteiger partial charge is 0.251 e. The first-order chi connectivity index (χ1) is 13.1. The number of hydrogen-bond acceptors (Lipinski definition) is 5. The summed E-state index contributed by atoms with van der Waals surface area (Å²) in [4.78, 5) is 27.7. The summed E-state index contributed by atoms with van der Waals surface area (Å²) in [6, 6.07) is 16.4. The lowest BCUT2D eigenvalue weighted by atomic mass is 10.1. The standard InChI is InChI=1S/C11H14N2O2.C10H9NS/c1-2-10(7-14)13-11(15)8-3-5-9(12)6-4-8;1-12-9-6-2-4-8-5-3-7-11-10(8)9/h3-7,10H,2,12H2,1H3,(H,13,15);2-7H,1H3. The number of hydrogen-bond donors (Lipinski definition) is 2. The molecule has 0 aliphatic rings. The number of fused-ring (bicyclic) bond motifs is 1.